The van der Waals surface area contributed by atoms with Crippen molar-refractivity contribution in [2.45, 2.75) is 26.8 Å². The minimum Gasteiger partial charge on any atom is -0.494 e. The molecule has 0 atom stereocenters. The van der Waals surface area contributed by atoms with Crippen LogP contribution in [0.3, 0.4) is 0 Å². The highest BCUT2D eigenvalue weighted by Crippen LogP contribution is 2.19. The van der Waals surface area contributed by atoms with Crippen molar-refractivity contribution >= 4 is 5.91 Å². The number of nitrogens with one attached hydrogen (secondary N) is 1. The summed E-state index contributed by atoms with van der Waals surface area (Å²) in [6.07, 6.45) is 0.424. The van der Waals surface area contributed by atoms with Gasteiger partial charge in [-0.2, -0.15) is 0 Å². The molecule has 112 valence electrons. The van der Waals surface area contributed by atoms with Gasteiger partial charge in [0.15, 0.2) is 11.6 Å². The van der Waals surface area contributed by atoms with Crippen LogP contribution in [0, 0.1) is 5.82 Å². The summed E-state index contributed by atoms with van der Waals surface area (Å²) in [5, 5.41) is 3.08. The molecule has 0 aliphatic heterocycles. The molecule has 0 fully saturated rings. The molecule has 20 heavy (non-hydrogen) atoms. The number of hydrogen-bond acceptors (Lipinski definition) is 3. The number of hydrogen-bond donors (Lipinski definition) is 1. The number of ether oxygens (including phenoxy) is 1. The number of carbonyl (C=O) groups excluding carboxylic acids is 1. The first kappa shape index (κ1) is 16.4. The molecule has 0 unspecified atom stereocenters. The molecule has 0 bridgehead atoms. The number of halogens is 1. The molecule has 0 aromatic heterocycles. The number of rotatable bonds is 8. The molecule has 4 nitrogen and oxygen atoms in total. The van der Waals surface area contributed by atoms with Crippen molar-refractivity contribution in [3.05, 3.63) is 29.6 Å². The van der Waals surface area contributed by atoms with Crippen LogP contribution in [0.5, 0.6) is 5.75 Å². The maximum absolute atomic E-state index is 13.9. The van der Waals surface area contributed by atoms with Gasteiger partial charge in [0.2, 0.25) is 5.91 Å². The Balaban J connectivity index is 2.40. The van der Waals surface area contributed by atoms with Crippen LogP contribution in [0.2, 0.25) is 0 Å². The van der Waals surface area contributed by atoms with E-state index in [0.29, 0.717) is 25.1 Å². The molecular formula is C15H23FN2O2. The lowest BCUT2D eigenvalue weighted by Gasteiger charge is -2.18. The van der Waals surface area contributed by atoms with E-state index in [1.54, 1.807) is 23.1 Å². The highest BCUT2D eigenvalue weighted by atomic mass is 19.1. The lowest BCUT2D eigenvalue weighted by atomic mass is 10.2. The quantitative estimate of drug-likeness (QED) is 0.743. The Morgan fingerprint density at radius 3 is 2.65 bits per heavy atom. The first-order valence-electron chi connectivity index (χ1n) is 6.93. The van der Waals surface area contributed by atoms with Gasteiger partial charge >= 0.3 is 0 Å². The summed E-state index contributed by atoms with van der Waals surface area (Å²) in [4.78, 5) is 13.6. The minimum atomic E-state index is -0.349. The SMILES string of the molecule is CCN(CC)C(=O)CCNCc1cccc(OC)c1F. The van der Waals surface area contributed by atoms with E-state index in [-0.39, 0.29) is 17.5 Å². The second kappa shape index (κ2) is 8.53. The first-order valence-corrected chi connectivity index (χ1v) is 6.93. The largest absolute Gasteiger partial charge is 0.494 e. The van der Waals surface area contributed by atoms with Gasteiger partial charge in [0.1, 0.15) is 0 Å². The number of methoxy groups -OCH3 is 1. The summed E-state index contributed by atoms with van der Waals surface area (Å²) >= 11 is 0. The van der Waals surface area contributed by atoms with Crippen LogP contribution >= 0.6 is 0 Å². The molecule has 0 heterocycles. The normalized spacial score (nSPS) is 10.4. The van der Waals surface area contributed by atoms with Crippen LogP contribution in [0.15, 0.2) is 18.2 Å². The molecule has 1 aromatic carbocycles. The molecule has 1 N–H and O–H groups in total. The molecule has 0 saturated heterocycles. The van der Waals surface area contributed by atoms with E-state index in [0.717, 1.165) is 13.1 Å². The lowest BCUT2D eigenvalue weighted by Crippen LogP contribution is -2.32. The van der Waals surface area contributed by atoms with E-state index in [2.05, 4.69) is 5.32 Å². The maximum Gasteiger partial charge on any atom is 0.223 e. The number of amides is 1. The molecule has 0 saturated carbocycles. The van der Waals surface area contributed by atoms with Crippen molar-refractivity contribution in [1.29, 1.82) is 0 Å². The van der Waals surface area contributed by atoms with Gasteiger partial charge in [0, 0.05) is 38.2 Å². The highest BCUT2D eigenvalue weighted by molar-refractivity contribution is 5.76. The Labute approximate surface area is 119 Å². The van der Waals surface area contributed by atoms with E-state index < -0.39 is 0 Å². The van der Waals surface area contributed by atoms with Crippen LogP contribution in [-0.2, 0) is 11.3 Å². The third-order valence-electron chi connectivity index (χ3n) is 3.21. The standard InChI is InChI=1S/C15H23FN2O2/c1-4-18(5-2)14(19)9-10-17-11-12-7-6-8-13(20-3)15(12)16/h6-8,17H,4-5,9-11H2,1-3H3. The molecule has 0 radical (unpaired) electrons. The van der Waals surface area contributed by atoms with E-state index in [1.165, 1.54) is 7.11 Å². The Morgan fingerprint density at radius 2 is 2.05 bits per heavy atom. The molecule has 0 spiro atoms. The zero-order valence-electron chi connectivity index (χ0n) is 12.4. The fraction of sp³-hybridized carbons (Fsp3) is 0.533. The third kappa shape index (κ3) is 4.49. The van der Waals surface area contributed by atoms with Gasteiger partial charge in [-0.1, -0.05) is 12.1 Å². The molecular weight excluding hydrogens is 259 g/mol. The van der Waals surface area contributed by atoms with Gasteiger partial charge in [0.25, 0.3) is 0 Å². The van der Waals surface area contributed by atoms with Gasteiger partial charge in [-0.25, -0.2) is 4.39 Å². The molecule has 5 heteroatoms. The van der Waals surface area contributed by atoms with Crippen molar-refractivity contribution in [2.24, 2.45) is 0 Å². The third-order valence-corrected chi connectivity index (χ3v) is 3.21. The summed E-state index contributed by atoms with van der Waals surface area (Å²) < 4.78 is 18.8. The van der Waals surface area contributed by atoms with Gasteiger partial charge in [-0.05, 0) is 19.9 Å². The molecule has 1 rings (SSSR count). The summed E-state index contributed by atoms with van der Waals surface area (Å²) in [6.45, 7) is 6.28. The second-order valence-electron chi connectivity index (χ2n) is 4.43. The van der Waals surface area contributed by atoms with Gasteiger partial charge in [-0.15, -0.1) is 0 Å². The average molecular weight is 282 g/mol. The zero-order valence-corrected chi connectivity index (χ0v) is 12.4. The Hall–Kier alpha value is -1.62. The highest BCUT2D eigenvalue weighted by Gasteiger charge is 2.10. The maximum atomic E-state index is 13.9. The summed E-state index contributed by atoms with van der Waals surface area (Å²) in [5.41, 5.74) is 0.541. The van der Waals surface area contributed by atoms with Gasteiger partial charge in [-0.3, -0.25) is 4.79 Å². The topological polar surface area (TPSA) is 41.6 Å². The molecule has 1 amide bonds. The summed E-state index contributed by atoms with van der Waals surface area (Å²) in [6, 6.07) is 5.04. The predicted molar refractivity (Wildman–Crippen MR) is 77.2 cm³/mol. The number of carbonyl (C=O) groups is 1. The Kier molecular flexibility index (Phi) is 7.01. The zero-order chi connectivity index (χ0) is 15.0. The molecule has 0 aliphatic carbocycles. The predicted octanol–water partition coefficient (Wildman–Crippen LogP) is 2.18. The average Bonchev–Trinajstić information content (AvgIpc) is 2.46. The van der Waals surface area contributed by atoms with Gasteiger partial charge in [0.05, 0.1) is 7.11 Å². The van der Waals surface area contributed by atoms with Crippen molar-refractivity contribution in [1.82, 2.24) is 10.2 Å². The molecule has 0 aliphatic rings. The summed E-state index contributed by atoms with van der Waals surface area (Å²) in [7, 11) is 1.44. The van der Waals surface area contributed by atoms with Crippen LogP contribution in [0.1, 0.15) is 25.8 Å². The van der Waals surface area contributed by atoms with Crippen molar-refractivity contribution < 1.29 is 13.9 Å². The van der Waals surface area contributed by atoms with Crippen molar-refractivity contribution in [3.8, 4) is 5.75 Å². The van der Waals surface area contributed by atoms with E-state index in [4.69, 9.17) is 4.74 Å². The van der Waals surface area contributed by atoms with Gasteiger partial charge < -0.3 is 15.0 Å². The van der Waals surface area contributed by atoms with Crippen LogP contribution in [0.4, 0.5) is 4.39 Å². The van der Waals surface area contributed by atoms with E-state index in [1.807, 2.05) is 13.8 Å². The fourth-order valence-corrected chi connectivity index (χ4v) is 2.00. The van der Waals surface area contributed by atoms with Crippen LogP contribution < -0.4 is 10.1 Å². The minimum absolute atomic E-state index is 0.119. The van der Waals surface area contributed by atoms with Crippen LogP contribution in [-0.4, -0.2) is 37.6 Å². The number of benzene rings is 1. The van der Waals surface area contributed by atoms with Crippen molar-refractivity contribution in [3.63, 3.8) is 0 Å². The first-order chi connectivity index (χ1) is 9.63. The second-order valence-corrected chi connectivity index (χ2v) is 4.43. The Morgan fingerprint density at radius 1 is 1.35 bits per heavy atom. The van der Waals surface area contributed by atoms with Crippen molar-refractivity contribution in [2.75, 3.05) is 26.7 Å². The Bertz CT molecular complexity index is 434. The number of nitrogens with zero attached hydrogens (tertiary/aromatic N) is 1. The lowest BCUT2D eigenvalue weighted by molar-refractivity contribution is -0.130. The monoisotopic (exact) mass is 282 g/mol. The molecule has 1 aromatic rings. The summed E-state index contributed by atoms with van der Waals surface area (Å²) in [5.74, 6) is 0.00898. The van der Waals surface area contributed by atoms with E-state index in [9.17, 15) is 9.18 Å². The fourth-order valence-electron chi connectivity index (χ4n) is 2.00. The smallest absolute Gasteiger partial charge is 0.223 e. The van der Waals surface area contributed by atoms with E-state index >= 15 is 0 Å². The van der Waals surface area contributed by atoms with Crippen LogP contribution in [0.25, 0.3) is 0 Å².